The summed E-state index contributed by atoms with van der Waals surface area (Å²) in [5.74, 6) is 0. The van der Waals surface area contributed by atoms with Gasteiger partial charge in [0.05, 0.1) is 6.61 Å². The zero-order chi connectivity index (χ0) is 12.8. The van der Waals surface area contributed by atoms with Gasteiger partial charge in [0, 0.05) is 32.3 Å². The molecule has 2 N–H and O–H groups in total. The van der Waals surface area contributed by atoms with E-state index in [0.717, 1.165) is 45.7 Å². The average molecular weight is 248 g/mol. The fourth-order valence-electron chi connectivity index (χ4n) is 2.41. The van der Waals surface area contributed by atoms with Crippen LogP contribution in [-0.4, -0.2) is 37.7 Å². The molecule has 0 amide bonds. The molecule has 1 fully saturated rings. The van der Waals surface area contributed by atoms with Crippen molar-refractivity contribution in [3.63, 3.8) is 0 Å². The van der Waals surface area contributed by atoms with Crippen molar-refractivity contribution in [2.24, 2.45) is 5.73 Å². The molecule has 0 saturated carbocycles. The Morgan fingerprint density at radius 2 is 2.22 bits per heavy atom. The predicted octanol–water partition coefficient (Wildman–Crippen LogP) is 2.11. The van der Waals surface area contributed by atoms with E-state index in [1.165, 1.54) is 11.1 Å². The smallest absolute Gasteiger partial charge is 0.0593 e. The fraction of sp³-hybridized carbons (Fsp3) is 0.600. The van der Waals surface area contributed by atoms with Gasteiger partial charge in [0.25, 0.3) is 0 Å². The van der Waals surface area contributed by atoms with E-state index in [9.17, 15) is 0 Å². The zero-order valence-electron chi connectivity index (χ0n) is 11.3. The standard InChI is InChI=1S/C15H24N2O/c1-13-4-2-5-14(12-13)15(16)6-8-17-7-3-10-18-11-9-17/h2,4-5,12,15H,3,6-11,16H2,1H3. The molecule has 3 nitrogen and oxygen atoms in total. The Kier molecular flexibility index (Phi) is 5.17. The maximum absolute atomic E-state index is 6.26. The molecule has 1 saturated heterocycles. The first kappa shape index (κ1) is 13.5. The van der Waals surface area contributed by atoms with Crippen LogP contribution in [0.1, 0.15) is 30.0 Å². The monoisotopic (exact) mass is 248 g/mol. The molecule has 0 spiro atoms. The number of aryl methyl sites for hydroxylation is 1. The van der Waals surface area contributed by atoms with Gasteiger partial charge in [0.2, 0.25) is 0 Å². The second-order valence-electron chi connectivity index (χ2n) is 5.12. The summed E-state index contributed by atoms with van der Waals surface area (Å²) in [5, 5.41) is 0. The molecule has 18 heavy (non-hydrogen) atoms. The summed E-state index contributed by atoms with van der Waals surface area (Å²) < 4.78 is 5.46. The highest BCUT2D eigenvalue weighted by Gasteiger charge is 2.12. The van der Waals surface area contributed by atoms with Crippen molar-refractivity contribution in [3.8, 4) is 0 Å². The topological polar surface area (TPSA) is 38.5 Å². The van der Waals surface area contributed by atoms with Crippen molar-refractivity contribution < 1.29 is 4.74 Å². The van der Waals surface area contributed by atoms with Crippen molar-refractivity contribution in [2.45, 2.75) is 25.8 Å². The third-order valence-corrected chi connectivity index (χ3v) is 3.54. The lowest BCUT2D eigenvalue weighted by Gasteiger charge is -2.21. The predicted molar refractivity (Wildman–Crippen MR) is 74.6 cm³/mol. The third-order valence-electron chi connectivity index (χ3n) is 3.54. The van der Waals surface area contributed by atoms with Crippen LogP contribution < -0.4 is 5.73 Å². The molecular weight excluding hydrogens is 224 g/mol. The minimum Gasteiger partial charge on any atom is -0.380 e. The Morgan fingerprint density at radius 1 is 1.33 bits per heavy atom. The van der Waals surface area contributed by atoms with Gasteiger partial charge in [-0.05, 0) is 25.3 Å². The van der Waals surface area contributed by atoms with E-state index in [2.05, 4.69) is 36.1 Å². The van der Waals surface area contributed by atoms with E-state index in [4.69, 9.17) is 10.5 Å². The van der Waals surface area contributed by atoms with Crippen LogP contribution in [0, 0.1) is 6.92 Å². The summed E-state index contributed by atoms with van der Waals surface area (Å²) >= 11 is 0. The lowest BCUT2D eigenvalue weighted by molar-refractivity contribution is 0.141. The minimum absolute atomic E-state index is 0.147. The summed E-state index contributed by atoms with van der Waals surface area (Å²) in [4.78, 5) is 2.46. The van der Waals surface area contributed by atoms with Crippen LogP contribution in [0.25, 0.3) is 0 Å². The molecule has 1 heterocycles. The van der Waals surface area contributed by atoms with E-state index in [1.54, 1.807) is 0 Å². The van der Waals surface area contributed by atoms with Crippen molar-refractivity contribution >= 4 is 0 Å². The van der Waals surface area contributed by atoms with Gasteiger partial charge in [-0.2, -0.15) is 0 Å². The van der Waals surface area contributed by atoms with Gasteiger partial charge < -0.3 is 15.4 Å². The van der Waals surface area contributed by atoms with E-state index in [1.807, 2.05) is 0 Å². The summed E-state index contributed by atoms with van der Waals surface area (Å²) in [6.07, 6.45) is 2.16. The lowest BCUT2D eigenvalue weighted by atomic mass is 10.0. The van der Waals surface area contributed by atoms with Gasteiger partial charge in [-0.15, -0.1) is 0 Å². The lowest BCUT2D eigenvalue weighted by Crippen LogP contribution is -2.29. The Hall–Kier alpha value is -0.900. The molecule has 1 aromatic carbocycles. The van der Waals surface area contributed by atoms with Gasteiger partial charge in [0.1, 0.15) is 0 Å². The molecule has 0 radical (unpaired) electrons. The highest BCUT2D eigenvalue weighted by Crippen LogP contribution is 2.16. The molecule has 2 rings (SSSR count). The summed E-state index contributed by atoms with van der Waals surface area (Å²) in [6.45, 7) is 7.13. The number of hydrogen-bond donors (Lipinski definition) is 1. The molecule has 0 aromatic heterocycles. The Labute approximate surface area is 110 Å². The first-order chi connectivity index (χ1) is 8.75. The number of hydrogen-bond acceptors (Lipinski definition) is 3. The van der Waals surface area contributed by atoms with Gasteiger partial charge in [-0.1, -0.05) is 29.8 Å². The number of nitrogens with zero attached hydrogens (tertiary/aromatic N) is 1. The van der Waals surface area contributed by atoms with Crippen LogP contribution in [-0.2, 0) is 4.74 Å². The van der Waals surface area contributed by atoms with Crippen molar-refractivity contribution in [1.29, 1.82) is 0 Å². The van der Waals surface area contributed by atoms with Gasteiger partial charge in [-0.3, -0.25) is 0 Å². The van der Waals surface area contributed by atoms with Crippen LogP contribution in [0.3, 0.4) is 0 Å². The number of ether oxygens (including phenoxy) is 1. The first-order valence-corrected chi connectivity index (χ1v) is 6.88. The van der Waals surface area contributed by atoms with Gasteiger partial charge in [0.15, 0.2) is 0 Å². The molecule has 0 bridgehead atoms. The number of rotatable bonds is 4. The average Bonchev–Trinajstić information content (AvgIpc) is 2.64. The van der Waals surface area contributed by atoms with Crippen molar-refractivity contribution in [2.75, 3.05) is 32.8 Å². The third kappa shape index (κ3) is 4.09. The van der Waals surface area contributed by atoms with E-state index in [-0.39, 0.29) is 6.04 Å². The highest BCUT2D eigenvalue weighted by molar-refractivity contribution is 5.24. The van der Waals surface area contributed by atoms with Crippen LogP contribution in [0.5, 0.6) is 0 Å². The van der Waals surface area contributed by atoms with Gasteiger partial charge in [-0.25, -0.2) is 0 Å². The van der Waals surface area contributed by atoms with E-state index < -0.39 is 0 Å². The molecule has 100 valence electrons. The Morgan fingerprint density at radius 3 is 3.06 bits per heavy atom. The normalized spacial score (nSPS) is 19.4. The highest BCUT2D eigenvalue weighted by atomic mass is 16.5. The molecule has 3 heteroatoms. The van der Waals surface area contributed by atoms with Crippen LogP contribution in [0.15, 0.2) is 24.3 Å². The molecular formula is C15H24N2O. The van der Waals surface area contributed by atoms with Crippen LogP contribution in [0.4, 0.5) is 0 Å². The largest absolute Gasteiger partial charge is 0.380 e. The van der Waals surface area contributed by atoms with Gasteiger partial charge >= 0.3 is 0 Å². The second-order valence-corrected chi connectivity index (χ2v) is 5.12. The molecule has 0 aliphatic carbocycles. The van der Waals surface area contributed by atoms with Crippen LogP contribution >= 0.6 is 0 Å². The Bertz CT molecular complexity index is 359. The van der Waals surface area contributed by atoms with E-state index in [0.29, 0.717) is 0 Å². The summed E-state index contributed by atoms with van der Waals surface area (Å²) in [6, 6.07) is 8.67. The van der Waals surface area contributed by atoms with Crippen molar-refractivity contribution in [3.05, 3.63) is 35.4 Å². The maximum atomic E-state index is 6.26. The quantitative estimate of drug-likeness (QED) is 0.887. The number of nitrogens with two attached hydrogens (primary N) is 1. The summed E-state index contributed by atoms with van der Waals surface area (Å²) in [5.41, 5.74) is 8.80. The van der Waals surface area contributed by atoms with Crippen LogP contribution in [0.2, 0.25) is 0 Å². The Balaban J connectivity index is 1.82. The van der Waals surface area contributed by atoms with Crippen molar-refractivity contribution in [1.82, 2.24) is 4.90 Å². The zero-order valence-corrected chi connectivity index (χ0v) is 11.3. The maximum Gasteiger partial charge on any atom is 0.0593 e. The molecule has 1 aliphatic heterocycles. The number of benzene rings is 1. The fourth-order valence-corrected chi connectivity index (χ4v) is 2.41. The molecule has 1 unspecified atom stereocenters. The molecule has 1 aromatic rings. The van der Waals surface area contributed by atoms with E-state index >= 15 is 0 Å². The first-order valence-electron chi connectivity index (χ1n) is 6.88. The molecule has 1 atom stereocenters. The SMILES string of the molecule is Cc1cccc(C(N)CCN2CCCOCC2)c1. The molecule has 1 aliphatic rings. The minimum atomic E-state index is 0.147. The summed E-state index contributed by atoms with van der Waals surface area (Å²) in [7, 11) is 0. The second kappa shape index (κ2) is 6.88.